The largest absolute Gasteiger partial charge is 0.444 e. The van der Waals surface area contributed by atoms with Crippen LogP contribution in [0.2, 0.25) is 0 Å². The van der Waals surface area contributed by atoms with Crippen LogP contribution in [0.5, 0.6) is 0 Å². The van der Waals surface area contributed by atoms with E-state index in [2.05, 4.69) is 0 Å². The number of hydrogen-bond acceptors (Lipinski definition) is 4. The van der Waals surface area contributed by atoms with Crippen LogP contribution in [-0.2, 0) is 14.9 Å². The zero-order valence-electron chi connectivity index (χ0n) is 13.6. The van der Waals surface area contributed by atoms with Gasteiger partial charge in [0.05, 0.1) is 0 Å². The monoisotopic (exact) mass is 321 g/mol. The molecule has 0 aliphatic carbocycles. The Bertz CT molecular complexity index is 447. The maximum absolute atomic E-state index is 12.4. The molecular weight excluding hydrogens is 294 g/mol. The summed E-state index contributed by atoms with van der Waals surface area (Å²) in [5.41, 5.74) is -0.540. The molecular formula is C13H27N3O4S. The molecule has 0 radical (unpaired) electrons. The minimum atomic E-state index is -3.42. The second-order valence-electron chi connectivity index (χ2n) is 5.96. The molecule has 0 unspecified atom stereocenters. The molecule has 21 heavy (non-hydrogen) atoms. The van der Waals surface area contributed by atoms with Gasteiger partial charge in [0.15, 0.2) is 0 Å². The first-order valence-corrected chi connectivity index (χ1v) is 8.74. The molecule has 1 heterocycles. The van der Waals surface area contributed by atoms with Crippen molar-refractivity contribution in [3.63, 3.8) is 0 Å². The van der Waals surface area contributed by atoms with Crippen LogP contribution in [0.1, 0.15) is 34.6 Å². The lowest BCUT2D eigenvalue weighted by Crippen LogP contribution is -2.54. The number of rotatable bonds is 4. The lowest BCUT2D eigenvalue weighted by Gasteiger charge is -2.36. The summed E-state index contributed by atoms with van der Waals surface area (Å²) in [6, 6.07) is 0. The molecule has 1 amide bonds. The molecule has 1 saturated heterocycles. The van der Waals surface area contributed by atoms with E-state index in [-0.39, 0.29) is 6.09 Å². The standard InChI is InChI=1S/C13H27N3O4S/c1-6-15(7-2)21(18,19)16-10-8-14(9-11-16)12(17)20-13(3,4)5/h6-11H2,1-5H3. The minimum absolute atomic E-state index is 0.304. The van der Waals surface area contributed by atoms with Crippen molar-refractivity contribution >= 4 is 16.3 Å². The number of nitrogens with zero attached hydrogens (tertiary/aromatic N) is 3. The summed E-state index contributed by atoms with van der Waals surface area (Å²) < 4.78 is 32.9. The van der Waals surface area contributed by atoms with Crippen LogP contribution in [0.25, 0.3) is 0 Å². The van der Waals surface area contributed by atoms with E-state index in [1.165, 1.54) is 8.61 Å². The normalized spacial score (nSPS) is 18.1. The van der Waals surface area contributed by atoms with Gasteiger partial charge in [-0.3, -0.25) is 0 Å². The van der Waals surface area contributed by atoms with Crippen molar-refractivity contribution in [2.24, 2.45) is 0 Å². The molecule has 0 aromatic rings. The van der Waals surface area contributed by atoms with E-state index in [4.69, 9.17) is 4.74 Å². The van der Waals surface area contributed by atoms with Crippen LogP contribution in [0, 0.1) is 0 Å². The van der Waals surface area contributed by atoms with Crippen LogP contribution in [0.3, 0.4) is 0 Å². The molecule has 1 rings (SSSR count). The highest BCUT2D eigenvalue weighted by Crippen LogP contribution is 2.15. The molecule has 0 aromatic heterocycles. The first-order valence-electron chi connectivity index (χ1n) is 7.35. The van der Waals surface area contributed by atoms with Gasteiger partial charge in [-0.05, 0) is 20.8 Å². The van der Waals surface area contributed by atoms with Crippen LogP contribution in [0.15, 0.2) is 0 Å². The molecule has 0 aromatic carbocycles. The minimum Gasteiger partial charge on any atom is -0.444 e. The van der Waals surface area contributed by atoms with Gasteiger partial charge < -0.3 is 9.64 Å². The van der Waals surface area contributed by atoms with E-state index in [1.807, 2.05) is 34.6 Å². The molecule has 1 fully saturated rings. The van der Waals surface area contributed by atoms with Gasteiger partial charge in [0.2, 0.25) is 0 Å². The number of ether oxygens (including phenoxy) is 1. The van der Waals surface area contributed by atoms with E-state index in [9.17, 15) is 13.2 Å². The number of carbonyl (C=O) groups is 1. The van der Waals surface area contributed by atoms with Crippen molar-refractivity contribution in [3.05, 3.63) is 0 Å². The predicted molar refractivity (Wildman–Crippen MR) is 81.2 cm³/mol. The Balaban J connectivity index is 2.62. The van der Waals surface area contributed by atoms with Gasteiger partial charge in [0.1, 0.15) is 5.60 Å². The third-order valence-corrected chi connectivity index (χ3v) is 5.44. The molecule has 7 nitrogen and oxygen atoms in total. The molecule has 124 valence electrons. The smallest absolute Gasteiger partial charge is 0.410 e. The van der Waals surface area contributed by atoms with Crippen molar-refractivity contribution in [2.75, 3.05) is 39.3 Å². The number of hydrogen-bond donors (Lipinski definition) is 0. The first-order chi connectivity index (χ1) is 9.61. The van der Waals surface area contributed by atoms with Gasteiger partial charge in [-0.25, -0.2) is 4.79 Å². The lowest BCUT2D eigenvalue weighted by atomic mass is 10.2. The van der Waals surface area contributed by atoms with Gasteiger partial charge >= 0.3 is 6.09 Å². The van der Waals surface area contributed by atoms with Crippen LogP contribution in [0.4, 0.5) is 4.79 Å². The number of amides is 1. The Morgan fingerprint density at radius 3 is 1.95 bits per heavy atom. The summed E-state index contributed by atoms with van der Waals surface area (Å²) in [6.07, 6.45) is -0.387. The van der Waals surface area contributed by atoms with Crippen molar-refractivity contribution in [3.8, 4) is 0 Å². The quantitative estimate of drug-likeness (QED) is 0.778. The van der Waals surface area contributed by atoms with Crippen molar-refractivity contribution in [1.29, 1.82) is 0 Å². The number of piperazine rings is 1. The van der Waals surface area contributed by atoms with Gasteiger partial charge in [0.25, 0.3) is 10.2 Å². The fourth-order valence-electron chi connectivity index (χ4n) is 2.14. The number of carbonyl (C=O) groups excluding carboxylic acids is 1. The summed E-state index contributed by atoms with van der Waals surface area (Å²) >= 11 is 0. The second-order valence-corrected chi connectivity index (χ2v) is 7.89. The molecule has 0 bridgehead atoms. The Labute approximate surface area is 128 Å². The zero-order chi connectivity index (χ0) is 16.3. The Morgan fingerprint density at radius 1 is 1.10 bits per heavy atom. The first kappa shape index (κ1) is 18.2. The van der Waals surface area contributed by atoms with Gasteiger partial charge in [-0.2, -0.15) is 17.0 Å². The summed E-state index contributed by atoms with van der Waals surface area (Å²) in [7, 11) is -3.42. The summed E-state index contributed by atoms with van der Waals surface area (Å²) in [5, 5.41) is 0. The third kappa shape index (κ3) is 4.82. The highest BCUT2D eigenvalue weighted by Gasteiger charge is 2.33. The zero-order valence-corrected chi connectivity index (χ0v) is 14.4. The average molecular weight is 321 g/mol. The SMILES string of the molecule is CCN(CC)S(=O)(=O)N1CCN(C(=O)OC(C)(C)C)CC1. The maximum Gasteiger partial charge on any atom is 0.410 e. The van der Waals surface area contributed by atoms with Crippen molar-refractivity contribution in [2.45, 2.75) is 40.2 Å². The molecule has 0 spiro atoms. The van der Waals surface area contributed by atoms with E-state index < -0.39 is 15.8 Å². The average Bonchev–Trinajstić information content (AvgIpc) is 2.38. The fraction of sp³-hybridized carbons (Fsp3) is 0.923. The van der Waals surface area contributed by atoms with Gasteiger partial charge in [-0.1, -0.05) is 13.8 Å². The van der Waals surface area contributed by atoms with E-state index in [0.29, 0.717) is 39.3 Å². The fourth-order valence-corrected chi connectivity index (χ4v) is 3.74. The summed E-state index contributed by atoms with van der Waals surface area (Å²) in [4.78, 5) is 13.5. The van der Waals surface area contributed by atoms with Crippen LogP contribution < -0.4 is 0 Å². The molecule has 1 aliphatic heterocycles. The lowest BCUT2D eigenvalue weighted by molar-refractivity contribution is 0.0190. The topological polar surface area (TPSA) is 70.2 Å². The van der Waals surface area contributed by atoms with Crippen LogP contribution in [-0.4, -0.2) is 72.9 Å². The Hall–Kier alpha value is -0.860. The Kier molecular flexibility index (Phi) is 6.01. The molecule has 1 aliphatic rings. The van der Waals surface area contributed by atoms with Gasteiger partial charge in [-0.15, -0.1) is 0 Å². The van der Waals surface area contributed by atoms with E-state index in [1.54, 1.807) is 4.90 Å². The summed E-state index contributed by atoms with van der Waals surface area (Å²) in [5.74, 6) is 0. The predicted octanol–water partition coefficient (Wildman–Crippen LogP) is 1.13. The molecule has 0 N–H and O–H groups in total. The van der Waals surface area contributed by atoms with Crippen molar-refractivity contribution in [1.82, 2.24) is 13.5 Å². The van der Waals surface area contributed by atoms with Crippen molar-refractivity contribution < 1.29 is 17.9 Å². The highest BCUT2D eigenvalue weighted by atomic mass is 32.2. The Morgan fingerprint density at radius 2 is 1.57 bits per heavy atom. The molecule has 0 atom stereocenters. The molecule has 0 saturated carbocycles. The van der Waals surface area contributed by atoms with Crippen LogP contribution >= 0.6 is 0 Å². The van der Waals surface area contributed by atoms with E-state index >= 15 is 0 Å². The maximum atomic E-state index is 12.4. The van der Waals surface area contributed by atoms with Gasteiger partial charge in [0, 0.05) is 39.3 Å². The third-order valence-electron chi connectivity index (χ3n) is 3.25. The second kappa shape index (κ2) is 6.93. The van der Waals surface area contributed by atoms with E-state index in [0.717, 1.165) is 0 Å². The molecule has 8 heteroatoms. The summed E-state index contributed by atoms with van der Waals surface area (Å²) in [6.45, 7) is 11.3. The highest BCUT2D eigenvalue weighted by molar-refractivity contribution is 7.86.